The summed E-state index contributed by atoms with van der Waals surface area (Å²) < 4.78 is 47.8. The molecule has 198 valence electrons. The minimum atomic E-state index is -3.75. The molecule has 0 fully saturated rings. The smallest absolute Gasteiger partial charge is 0.240 e. The fourth-order valence-corrected chi connectivity index (χ4v) is 5.08. The number of hydrogen-bond donors (Lipinski definition) is 2. The Bertz CT molecular complexity index is 1670. The minimum absolute atomic E-state index is 0.00419. The number of nitrogens with one attached hydrogen (secondary N) is 2. The fourth-order valence-electron chi connectivity index (χ4n) is 4.05. The van der Waals surface area contributed by atoms with E-state index in [2.05, 4.69) is 15.0 Å². The lowest BCUT2D eigenvalue weighted by Gasteiger charge is -2.10. The Morgan fingerprint density at radius 1 is 0.897 bits per heavy atom. The first-order valence-electron chi connectivity index (χ1n) is 12.2. The van der Waals surface area contributed by atoms with Crippen molar-refractivity contribution in [1.82, 2.24) is 19.5 Å². The number of anilines is 1. The zero-order chi connectivity index (χ0) is 27.2. The molecule has 0 radical (unpaired) electrons. The Kier molecular flexibility index (Phi) is 7.67. The van der Waals surface area contributed by atoms with E-state index in [0.29, 0.717) is 12.4 Å². The van der Waals surface area contributed by atoms with E-state index in [0.717, 1.165) is 46.0 Å². The number of rotatable bonds is 10. The summed E-state index contributed by atoms with van der Waals surface area (Å²) in [6, 6.07) is 26.1. The highest BCUT2D eigenvalue weighted by atomic mass is 32.2. The first-order valence-corrected chi connectivity index (χ1v) is 13.7. The van der Waals surface area contributed by atoms with Crippen LogP contribution in [0.25, 0.3) is 28.1 Å². The monoisotopic (exact) mass is 543 g/mol. The summed E-state index contributed by atoms with van der Waals surface area (Å²) in [5.74, 6) is 0.816. The average molecular weight is 544 g/mol. The van der Waals surface area contributed by atoms with Gasteiger partial charge in [0.1, 0.15) is 23.1 Å². The number of sulfonamides is 1. The van der Waals surface area contributed by atoms with Gasteiger partial charge in [-0.05, 0) is 66.2 Å². The molecule has 0 aliphatic carbocycles. The van der Waals surface area contributed by atoms with Crippen LogP contribution in [0.3, 0.4) is 0 Å². The number of methoxy groups -OCH3 is 1. The molecule has 2 heterocycles. The molecule has 0 unspecified atom stereocenters. The third-order valence-corrected chi connectivity index (χ3v) is 7.47. The normalized spacial score (nSPS) is 11.3. The van der Waals surface area contributed by atoms with Gasteiger partial charge in [0.05, 0.1) is 17.7 Å². The molecule has 0 saturated heterocycles. The summed E-state index contributed by atoms with van der Waals surface area (Å²) in [4.78, 5) is 4.39. The molecule has 10 heteroatoms. The van der Waals surface area contributed by atoms with E-state index < -0.39 is 15.8 Å². The Hall–Kier alpha value is -4.54. The number of benzene rings is 3. The standard InChI is InChI=1S/C29H26FN5O3S/c1-38-25-9-5-6-22(18-25)29-27(20-35(34-29)24-7-3-2-4-8-24)21-14-15-31-28(19-21)32-16-17-33-39(36,37)26-12-10-23(30)11-13-26/h2-15,18-20,33H,16-17H2,1H3,(H,31,32). The quantitative estimate of drug-likeness (QED) is 0.237. The van der Waals surface area contributed by atoms with Gasteiger partial charge in [0, 0.05) is 36.6 Å². The number of halogens is 1. The summed E-state index contributed by atoms with van der Waals surface area (Å²) in [7, 11) is -2.12. The average Bonchev–Trinajstić information content (AvgIpc) is 3.42. The predicted molar refractivity (Wildman–Crippen MR) is 149 cm³/mol. The van der Waals surface area contributed by atoms with Crippen LogP contribution < -0.4 is 14.8 Å². The molecule has 0 amide bonds. The number of pyridine rings is 1. The summed E-state index contributed by atoms with van der Waals surface area (Å²) >= 11 is 0. The van der Waals surface area contributed by atoms with Gasteiger partial charge in [0.15, 0.2) is 0 Å². The van der Waals surface area contributed by atoms with E-state index in [1.165, 1.54) is 12.1 Å². The number of para-hydroxylation sites is 1. The van der Waals surface area contributed by atoms with Crippen molar-refractivity contribution in [3.05, 3.63) is 109 Å². The molecule has 39 heavy (non-hydrogen) atoms. The molecule has 0 aliphatic rings. The lowest BCUT2D eigenvalue weighted by atomic mass is 10.0. The lowest BCUT2D eigenvalue weighted by Crippen LogP contribution is -2.29. The maximum atomic E-state index is 13.1. The van der Waals surface area contributed by atoms with Crippen LogP contribution in [0.15, 0.2) is 108 Å². The Labute approximate surface area is 226 Å². The molecule has 0 aliphatic heterocycles. The number of aromatic nitrogens is 3. The van der Waals surface area contributed by atoms with Crippen LogP contribution in [0.1, 0.15) is 0 Å². The van der Waals surface area contributed by atoms with E-state index in [1.807, 2.05) is 77.6 Å². The second kappa shape index (κ2) is 11.5. The molecular formula is C29H26FN5O3S. The van der Waals surface area contributed by atoms with Crippen molar-refractivity contribution in [2.75, 3.05) is 25.5 Å². The van der Waals surface area contributed by atoms with Gasteiger partial charge in [-0.1, -0.05) is 30.3 Å². The van der Waals surface area contributed by atoms with Gasteiger partial charge in [-0.15, -0.1) is 0 Å². The van der Waals surface area contributed by atoms with Crippen LogP contribution in [0.4, 0.5) is 10.2 Å². The van der Waals surface area contributed by atoms with Gasteiger partial charge < -0.3 is 10.1 Å². The number of ether oxygens (including phenoxy) is 1. The van der Waals surface area contributed by atoms with Crippen molar-refractivity contribution < 1.29 is 17.5 Å². The van der Waals surface area contributed by atoms with Gasteiger partial charge >= 0.3 is 0 Å². The molecular weight excluding hydrogens is 517 g/mol. The molecule has 2 aromatic heterocycles. The van der Waals surface area contributed by atoms with Crippen LogP contribution in [-0.4, -0.2) is 43.4 Å². The van der Waals surface area contributed by atoms with Crippen LogP contribution >= 0.6 is 0 Å². The zero-order valence-electron chi connectivity index (χ0n) is 21.1. The highest BCUT2D eigenvalue weighted by Crippen LogP contribution is 2.34. The summed E-state index contributed by atoms with van der Waals surface area (Å²) in [6.45, 7) is 0.412. The van der Waals surface area contributed by atoms with Crippen molar-refractivity contribution >= 4 is 15.8 Å². The van der Waals surface area contributed by atoms with E-state index >= 15 is 0 Å². The Morgan fingerprint density at radius 3 is 2.46 bits per heavy atom. The topological polar surface area (TPSA) is 98.1 Å². The second-order valence-corrected chi connectivity index (χ2v) is 10.4. The summed E-state index contributed by atoms with van der Waals surface area (Å²) in [6.07, 6.45) is 3.66. The van der Waals surface area contributed by atoms with Crippen LogP contribution in [0, 0.1) is 5.82 Å². The molecule has 0 spiro atoms. The molecule has 5 rings (SSSR count). The van der Waals surface area contributed by atoms with Crippen molar-refractivity contribution in [3.8, 4) is 33.8 Å². The van der Waals surface area contributed by atoms with Crippen LogP contribution in [0.2, 0.25) is 0 Å². The summed E-state index contributed by atoms with van der Waals surface area (Å²) in [5.41, 5.74) is 4.39. The highest BCUT2D eigenvalue weighted by molar-refractivity contribution is 7.89. The predicted octanol–water partition coefficient (Wildman–Crippen LogP) is 5.14. The minimum Gasteiger partial charge on any atom is -0.497 e. The molecule has 0 saturated carbocycles. The van der Waals surface area contributed by atoms with E-state index in [9.17, 15) is 12.8 Å². The highest BCUT2D eigenvalue weighted by Gasteiger charge is 2.16. The maximum absolute atomic E-state index is 13.1. The number of hydrogen-bond acceptors (Lipinski definition) is 6. The Morgan fingerprint density at radius 2 is 1.69 bits per heavy atom. The van der Waals surface area contributed by atoms with Gasteiger partial charge in [0.25, 0.3) is 0 Å². The van der Waals surface area contributed by atoms with E-state index in [1.54, 1.807) is 13.3 Å². The molecule has 2 N–H and O–H groups in total. The van der Waals surface area contributed by atoms with Gasteiger partial charge in [-0.3, -0.25) is 0 Å². The van der Waals surface area contributed by atoms with Crippen molar-refractivity contribution in [2.24, 2.45) is 0 Å². The molecule has 0 bridgehead atoms. The van der Waals surface area contributed by atoms with Gasteiger partial charge in [0.2, 0.25) is 10.0 Å². The number of nitrogens with zero attached hydrogens (tertiary/aromatic N) is 3. The molecule has 0 atom stereocenters. The SMILES string of the molecule is COc1cccc(-c2nn(-c3ccccc3)cc2-c2ccnc(NCCNS(=O)(=O)c3ccc(F)cc3)c2)c1. The first-order chi connectivity index (χ1) is 18.9. The van der Waals surface area contributed by atoms with Crippen molar-refractivity contribution in [3.63, 3.8) is 0 Å². The molecule has 3 aromatic carbocycles. The lowest BCUT2D eigenvalue weighted by molar-refractivity contribution is 0.415. The van der Waals surface area contributed by atoms with E-state index in [-0.39, 0.29) is 11.4 Å². The largest absolute Gasteiger partial charge is 0.497 e. The van der Waals surface area contributed by atoms with Crippen molar-refractivity contribution in [2.45, 2.75) is 4.90 Å². The summed E-state index contributed by atoms with van der Waals surface area (Å²) in [5, 5.41) is 8.05. The van der Waals surface area contributed by atoms with Gasteiger partial charge in [-0.25, -0.2) is 27.2 Å². The maximum Gasteiger partial charge on any atom is 0.240 e. The molecule has 5 aromatic rings. The zero-order valence-corrected chi connectivity index (χ0v) is 21.9. The third-order valence-electron chi connectivity index (χ3n) is 6.00. The van der Waals surface area contributed by atoms with E-state index in [4.69, 9.17) is 9.84 Å². The van der Waals surface area contributed by atoms with Crippen molar-refractivity contribution in [1.29, 1.82) is 0 Å². The Balaban J connectivity index is 1.37. The van der Waals surface area contributed by atoms with Gasteiger partial charge in [-0.2, -0.15) is 5.10 Å². The fraction of sp³-hybridized carbons (Fsp3) is 0.103. The first kappa shape index (κ1) is 26.1. The van der Waals surface area contributed by atoms with Crippen LogP contribution in [-0.2, 0) is 10.0 Å². The third kappa shape index (κ3) is 6.14. The van der Waals surface area contributed by atoms with Crippen LogP contribution in [0.5, 0.6) is 5.75 Å². The second-order valence-electron chi connectivity index (χ2n) is 8.61. The molecule has 8 nitrogen and oxygen atoms in total.